The molecule has 65 valence electrons. The molecule has 0 aliphatic heterocycles. The van der Waals surface area contributed by atoms with Crippen LogP contribution in [0.4, 0.5) is 0 Å². The van der Waals surface area contributed by atoms with Gasteiger partial charge in [0.15, 0.2) is 0 Å². The maximum atomic E-state index is 5.49. The predicted octanol–water partition coefficient (Wildman–Crippen LogP) is 2.88. The van der Waals surface area contributed by atoms with Gasteiger partial charge in [-0.2, -0.15) is 0 Å². The van der Waals surface area contributed by atoms with Gasteiger partial charge in [0.25, 0.3) is 0 Å². The Kier molecular flexibility index (Phi) is 2.74. The van der Waals surface area contributed by atoms with Gasteiger partial charge in [-0.25, -0.2) is 0 Å². The monoisotopic (exact) mass is 163 g/mol. The molecule has 0 aliphatic rings. The van der Waals surface area contributed by atoms with E-state index >= 15 is 0 Å². The van der Waals surface area contributed by atoms with Crippen LogP contribution in [0.2, 0.25) is 0 Å². The lowest BCUT2D eigenvalue weighted by Crippen LogP contribution is -1.97. The zero-order valence-corrected chi connectivity index (χ0v) is 7.98. The lowest BCUT2D eigenvalue weighted by Gasteiger charge is -2.11. The van der Waals surface area contributed by atoms with Crippen LogP contribution in [0, 0.1) is 20.8 Å². The van der Waals surface area contributed by atoms with Gasteiger partial charge in [0.05, 0.1) is 6.61 Å². The van der Waals surface area contributed by atoms with Crippen LogP contribution in [0.3, 0.4) is 0 Å². The molecule has 0 saturated carbocycles. The standard InChI is InChI=1S/C11H15O/c1-5-12-11-9(3)7-6-8(2)10(11)4/h6-7H,3,5H2,1-2,4H3. The lowest BCUT2D eigenvalue weighted by atomic mass is 10.1. The van der Waals surface area contributed by atoms with Crippen molar-refractivity contribution in [3.8, 4) is 5.75 Å². The Morgan fingerprint density at radius 2 is 2.00 bits per heavy atom. The second-order valence-corrected chi connectivity index (χ2v) is 2.93. The van der Waals surface area contributed by atoms with E-state index in [1.807, 2.05) is 13.0 Å². The third-order valence-electron chi connectivity index (χ3n) is 2.05. The molecule has 1 nitrogen and oxygen atoms in total. The van der Waals surface area contributed by atoms with Crippen LogP contribution >= 0.6 is 0 Å². The van der Waals surface area contributed by atoms with Crippen LogP contribution in [0.5, 0.6) is 5.75 Å². The van der Waals surface area contributed by atoms with Gasteiger partial charge in [-0.1, -0.05) is 12.1 Å². The van der Waals surface area contributed by atoms with Crippen molar-refractivity contribution in [3.63, 3.8) is 0 Å². The van der Waals surface area contributed by atoms with E-state index < -0.39 is 0 Å². The largest absolute Gasteiger partial charge is 0.493 e. The number of hydrogen-bond donors (Lipinski definition) is 0. The van der Waals surface area contributed by atoms with Crippen molar-refractivity contribution < 1.29 is 4.74 Å². The van der Waals surface area contributed by atoms with Crippen LogP contribution in [-0.2, 0) is 0 Å². The van der Waals surface area contributed by atoms with Crippen LogP contribution in [0.1, 0.15) is 23.6 Å². The molecule has 0 fully saturated rings. The average Bonchev–Trinajstić information content (AvgIpc) is 2.06. The molecule has 0 amide bonds. The summed E-state index contributed by atoms with van der Waals surface area (Å²) in [6.45, 7) is 10.7. The number of hydrogen-bond acceptors (Lipinski definition) is 1. The summed E-state index contributed by atoms with van der Waals surface area (Å²) in [5.74, 6) is 0.942. The summed E-state index contributed by atoms with van der Waals surface area (Å²) in [6.07, 6.45) is 0. The lowest BCUT2D eigenvalue weighted by molar-refractivity contribution is 0.336. The van der Waals surface area contributed by atoms with Gasteiger partial charge in [-0.15, -0.1) is 0 Å². The molecule has 1 heteroatoms. The van der Waals surface area contributed by atoms with E-state index in [1.54, 1.807) is 0 Å². The van der Waals surface area contributed by atoms with Crippen molar-refractivity contribution in [2.24, 2.45) is 0 Å². The highest BCUT2D eigenvalue weighted by molar-refractivity contribution is 5.46. The minimum absolute atomic E-state index is 0.701. The van der Waals surface area contributed by atoms with Crippen molar-refractivity contribution in [3.05, 3.63) is 35.7 Å². The van der Waals surface area contributed by atoms with Gasteiger partial charge in [0.1, 0.15) is 5.75 Å². The Morgan fingerprint density at radius 1 is 1.33 bits per heavy atom. The molecule has 0 aliphatic carbocycles. The van der Waals surface area contributed by atoms with Crippen LogP contribution in [0.25, 0.3) is 0 Å². The molecule has 1 aromatic rings. The molecule has 0 spiro atoms. The molecule has 0 saturated heterocycles. The Bertz CT molecular complexity index is 277. The number of aryl methyl sites for hydroxylation is 1. The van der Waals surface area contributed by atoms with E-state index in [9.17, 15) is 0 Å². The normalized spacial score (nSPS) is 10.0. The highest BCUT2D eigenvalue weighted by Crippen LogP contribution is 2.25. The Labute approximate surface area is 74.4 Å². The highest BCUT2D eigenvalue weighted by Gasteiger charge is 2.04. The van der Waals surface area contributed by atoms with Crippen molar-refractivity contribution >= 4 is 0 Å². The minimum Gasteiger partial charge on any atom is -0.493 e. The van der Waals surface area contributed by atoms with Crippen molar-refractivity contribution in [2.45, 2.75) is 20.8 Å². The molecular formula is C11H15O. The molecule has 1 aromatic carbocycles. The number of rotatable bonds is 2. The van der Waals surface area contributed by atoms with E-state index in [0.717, 1.165) is 11.3 Å². The fourth-order valence-corrected chi connectivity index (χ4v) is 1.19. The summed E-state index contributed by atoms with van der Waals surface area (Å²) in [6, 6.07) is 4.06. The first-order valence-electron chi connectivity index (χ1n) is 4.21. The van der Waals surface area contributed by atoms with Gasteiger partial charge in [-0.3, -0.25) is 0 Å². The second-order valence-electron chi connectivity index (χ2n) is 2.93. The first-order chi connectivity index (χ1) is 5.66. The van der Waals surface area contributed by atoms with E-state index in [-0.39, 0.29) is 0 Å². The second kappa shape index (κ2) is 3.61. The Hall–Kier alpha value is -0.980. The predicted molar refractivity (Wildman–Crippen MR) is 51.5 cm³/mol. The Morgan fingerprint density at radius 3 is 2.58 bits per heavy atom. The van der Waals surface area contributed by atoms with E-state index in [0.29, 0.717) is 6.61 Å². The molecule has 0 bridgehead atoms. The van der Waals surface area contributed by atoms with Gasteiger partial charge in [0.2, 0.25) is 0 Å². The van der Waals surface area contributed by atoms with E-state index in [2.05, 4.69) is 26.8 Å². The van der Waals surface area contributed by atoms with Gasteiger partial charge >= 0.3 is 0 Å². The third-order valence-corrected chi connectivity index (χ3v) is 2.05. The summed E-state index contributed by atoms with van der Waals surface area (Å²) in [4.78, 5) is 0. The molecule has 12 heavy (non-hydrogen) atoms. The molecular weight excluding hydrogens is 148 g/mol. The summed E-state index contributed by atoms with van der Waals surface area (Å²) >= 11 is 0. The smallest absolute Gasteiger partial charge is 0.125 e. The summed E-state index contributed by atoms with van der Waals surface area (Å²) in [7, 11) is 0. The minimum atomic E-state index is 0.701. The Balaban J connectivity index is 3.14. The van der Waals surface area contributed by atoms with Crippen LogP contribution in [-0.4, -0.2) is 6.61 Å². The van der Waals surface area contributed by atoms with Crippen molar-refractivity contribution in [1.82, 2.24) is 0 Å². The van der Waals surface area contributed by atoms with Crippen LogP contribution < -0.4 is 4.74 Å². The fraction of sp³-hybridized carbons (Fsp3) is 0.364. The maximum Gasteiger partial charge on any atom is 0.125 e. The molecule has 1 rings (SSSR count). The number of benzene rings is 1. The van der Waals surface area contributed by atoms with Gasteiger partial charge in [-0.05, 0) is 44.4 Å². The molecule has 0 heterocycles. The number of ether oxygens (including phenoxy) is 1. The summed E-state index contributed by atoms with van der Waals surface area (Å²) in [5.41, 5.74) is 3.43. The molecule has 1 radical (unpaired) electrons. The maximum absolute atomic E-state index is 5.49. The average molecular weight is 163 g/mol. The summed E-state index contributed by atoms with van der Waals surface area (Å²) < 4.78 is 5.49. The molecule has 0 unspecified atom stereocenters. The molecule has 0 atom stereocenters. The third kappa shape index (κ3) is 1.60. The van der Waals surface area contributed by atoms with E-state index in [4.69, 9.17) is 4.74 Å². The van der Waals surface area contributed by atoms with Gasteiger partial charge in [0, 0.05) is 0 Å². The zero-order chi connectivity index (χ0) is 9.14. The summed E-state index contributed by atoms with van der Waals surface area (Å²) in [5, 5.41) is 0. The van der Waals surface area contributed by atoms with Crippen molar-refractivity contribution in [2.75, 3.05) is 6.61 Å². The van der Waals surface area contributed by atoms with Crippen LogP contribution in [0.15, 0.2) is 12.1 Å². The fourth-order valence-electron chi connectivity index (χ4n) is 1.19. The SMILES string of the molecule is [CH2]c1ccc(C)c(C)c1OCC. The molecule has 0 N–H and O–H groups in total. The first kappa shape index (κ1) is 9.11. The first-order valence-corrected chi connectivity index (χ1v) is 4.21. The zero-order valence-electron chi connectivity index (χ0n) is 7.98. The van der Waals surface area contributed by atoms with E-state index in [1.165, 1.54) is 11.1 Å². The van der Waals surface area contributed by atoms with Gasteiger partial charge < -0.3 is 4.74 Å². The highest BCUT2D eigenvalue weighted by atomic mass is 16.5. The topological polar surface area (TPSA) is 9.23 Å². The van der Waals surface area contributed by atoms with Crippen molar-refractivity contribution in [1.29, 1.82) is 0 Å². The quantitative estimate of drug-likeness (QED) is 0.651. The molecule has 0 aromatic heterocycles.